The molecule has 0 spiro atoms. The van der Waals surface area contributed by atoms with Crippen LogP contribution in [0.5, 0.6) is 0 Å². The first-order chi connectivity index (χ1) is 18.3. The van der Waals surface area contributed by atoms with Crippen LogP contribution in [0.15, 0.2) is 72.2 Å². The minimum Gasteiger partial charge on any atom is -0.445 e. The molecule has 2 amide bonds. The number of nitrogens with zero attached hydrogens (tertiary/aromatic N) is 3. The average molecular weight is 533 g/mol. The molecule has 4 rings (SSSR count). The van der Waals surface area contributed by atoms with Crippen LogP contribution in [0.3, 0.4) is 0 Å². The van der Waals surface area contributed by atoms with E-state index in [2.05, 4.69) is 30.4 Å². The van der Waals surface area contributed by atoms with E-state index < -0.39 is 18.0 Å². The summed E-state index contributed by atoms with van der Waals surface area (Å²) in [4.78, 5) is 32.3. The van der Waals surface area contributed by atoms with E-state index in [1.54, 1.807) is 12.4 Å². The van der Waals surface area contributed by atoms with Crippen LogP contribution in [0.1, 0.15) is 33.8 Å². The molecule has 0 saturated carbocycles. The summed E-state index contributed by atoms with van der Waals surface area (Å²) in [5.41, 5.74) is 8.77. The number of alkyl carbamates (subject to hydrolysis) is 1. The number of carbonyl (C=O) groups is 2. The summed E-state index contributed by atoms with van der Waals surface area (Å²) in [5, 5.41) is 7.46. The highest BCUT2D eigenvalue weighted by Gasteiger charge is 2.22. The number of aromatic nitrogens is 3. The Morgan fingerprint density at radius 2 is 1.95 bits per heavy atom. The monoisotopic (exact) mass is 532 g/mol. The molecule has 0 radical (unpaired) electrons. The molecule has 38 heavy (non-hydrogen) atoms. The first kappa shape index (κ1) is 26.7. The van der Waals surface area contributed by atoms with Crippen LogP contribution in [-0.4, -0.2) is 38.8 Å². The van der Waals surface area contributed by atoms with Crippen molar-refractivity contribution in [1.29, 1.82) is 0 Å². The molecule has 0 unspecified atom stereocenters. The fourth-order valence-electron chi connectivity index (χ4n) is 4.01. The first-order valence-corrected chi connectivity index (χ1v) is 12.4. The van der Waals surface area contributed by atoms with E-state index in [0.29, 0.717) is 10.7 Å². The molecule has 0 fully saturated rings. The van der Waals surface area contributed by atoms with Gasteiger partial charge in [-0.15, -0.1) is 0 Å². The second-order valence-corrected chi connectivity index (χ2v) is 9.28. The summed E-state index contributed by atoms with van der Waals surface area (Å²) in [6.07, 6.45) is 4.15. The Labute approximate surface area is 225 Å². The number of H-pyrrole nitrogens is 1. The van der Waals surface area contributed by atoms with Gasteiger partial charge >= 0.3 is 6.09 Å². The third-order valence-electron chi connectivity index (χ3n) is 6.06. The normalized spacial score (nSPS) is 11.9. The highest BCUT2D eigenvalue weighted by atomic mass is 35.5. The quantitative estimate of drug-likeness (QED) is 0.213. The topological polar surface area (TPSA) is 113 Å². The Hall–Kier alpha value is -4.37. The van der Waals surface area contributed by atoms with Crippen LogP contribution in [0.4, 0.5) is 4.79 Å². The van der Waals surface area contributed by atoms with Crippen molar-refractivity contribution in [2.24, 2.45) is 5.10 Å². The number of aryl methyl sites for hydroxylation is 2. The zero-order valence-corrected chi connectivity index (χ0v) is 22.1. The number of rotatable bonds is 9. The zero-order valence-electron chi connectivity index (χ0n) is 21.4. The van der Waals surface area contributed by atoms with Crippen molar-refractivity contribution in [3.8, 4) is 5.69 Å². The summed E-state index contributed by atoms with van der Waals surface area (Å²) in [6.45, 7) is 6.00. The standard InChI is InChI=1S/C28H29ClN6O3/c1-18-9-10-24(13-25(18)29)35-19(2)11-22(20(35)3)14-32-34-27(36)26(12-23-15-30-17-31-23)33-28(37)38-16-21-7-5-4-6-8-21/h4-11,13-15,17,26H,12,16H2,1-3H3,(H,30,31)(H,33,37)(H,34,36)/b32-14-/t26-/m1/s1. The number of amides is 2. The Morgan fingerprint density at radius 1 is 1.16 bits per heavy atom. The lowest BCUT2D eigenvalue weighted by atomic mass is 10.1. The van der Waals surface area contributed by atoms with Gasteiger partial charge in [0.25, 0.3) is 5.91 Å². The van der Waals surface area contributed by atoms with E-state index in [1.807, 2.05) is 75.4 Å². The van der Waals surface area contributed by atoms with Gasteiger partial charge in [-0.05, 0) is 50.1 Å². The van der Waals surface area contributed by atoms with Crippen molar-refractivity contribution < 1.29 is 14.3 Å². The van der Waals surface area contributed by atoms with E-state index in [0.717, 1.165) is 33.8 Å². The highest BCUT2D eigenvalue weighted by molar-refractivity contribution is 6.31. The van der Waals surface area contributed by atoms with Gasteiger partial charge in [-0.25, -0.2) is 15.2 Å². The number of hydrazone groups is 1. The van der Waals surface area contributed by atoms with Crippen LogP contribution < -0.4 is 10.7 Å². The molecule has 2 aromatic heterocycles. The Balaban J connectivity index is 1.43. The van der Waals surface area contributed by atoms with Crippen LogP contribution >= 0.6 is 11.6 Å². The molecule has 3 N–H and O–H groups in total. The fourth-order valence-corrected chi connectivity index (χ4v) is 4.19. The second kappa shape index (κ2) is 12.2. The molecule has 10 heteroatoms. The van der Waals surface area contributed by atoms with Crippen LogP contribution in [0, 0.1) is 20.8 Å². The van der Waals surface area contributed by atoms with Gasteiger partial charge in [0.2, 0.25) is 0 Å². The summed E-state index contributed by atoms with van der Waals surface area (Å²) in [6, 6.07) is 16.2. The molecule has 1 atom stereocenters. The number of imidazole rings is 1. The van der Waals surface area contributed by atoms with Crippen LogP contribution in [-0.2, 0) is 22.6 Å². The fraction of sp³-hybridized carbons (Fsp3) is 0.214. The van der Waals surface area contributed by atoms with E-state index in [9.17, 15) is 9.59 Å². The van der Waals surface area contributed by atoms with Gasteiger partial charge in [0.05, 0.1) is 12.5 Å². The smallest absolute Gasteiger partial charge is 0.408 e. The van der Waals surface area contributed by atoms with Crippen LogP contribution in [0.2, 0.25) is 5.02 Å². The van der Waals surface area contributed by atoms with Gasteiger partial charge in [0.1, 0.15) is 12.6 Å². The molecule has 2 aromatic carbocycles. The summed E-state index contributed by atoms with van der Waals surface area (Å²) < 4.78 is 7.35. The van der Waals surface area contributed by atoms with Gasteiger partial charge in [-0.3, -0.25) is 4.79 Å². The molecular formula is C28H29ClN6O3. The maximum Gasteiger partial charge on any atom is 0.408 e. The number of hydrogen-bond acceptors (Lipinski definition) is 5. The van der Waals surface area contributed by atoms with Crippen molar-refractivity contribution in [1.82, 2.24) is 25.3 Å². The maximum absolute atomic E-state index is 13.0. The van der Waals surface area contributed by atoms with Crippen molar-refractivity contribution in [3.63, 3.8) is 0 Å². The number of hydrogen-bond donors (Lipinski definition) is 3. The van der Waals surface area contributed by atoms with Gasteiger partial charge in [0.15, 0.2) is 0 Å². The van der Waals surface area contributed by atoms with E-state index in [1.165, 1.54) is 6.33 Å². The molecule has 9 nitrogen and oxygen atoms in total. The number of aromatic amines is 1. The number of nitrogens with one attached hydrogen (secondary N) is 3. The molecular weight excluding hydrogens is 504 g/mol. The van der Waals surface area contributed by atoms with Crippen molar-refractivity contribution in [2.75, 3.05) is 0 Å². The zero-order chi connectivity index (χ0) is 27.1. The third-order valence-corrected chi connectivity index (χ3v) is 6.47. The minimum absolute atomic E-state index is 0.0883. The first-order valence-electron chi connectivity index (χ1n) is 12.0. The van der Waals surface area contributed by atoms with Crippen molar-refractivity contribution >= 4 is 29.8 Å². The molecule has 0 bridgehead atoms. The SMILES string of the molecule is Cc1ccc(-n2c(C)cc(/C=N\NC(=O)[C@@H](Cc3cnc[nH]3)NC(=O)OCc3ccccc3)c2C)cc1Cl. The molecule has 0 aliphatic carbocycles. The number of carbonyl (C=O) groups excluding carboxylic acids is 2. The lowest BCUT2D eigenvalue weighted by molar-refractivity contribution is -0.123. The summed E-state index contributed by atoms with van der Waals surface area (Å²) in [5.74, 6) is -0.494. The number of halogens is 1. The van der Waals surface area contributed by atoms with Gasteiger partial charge in [-0.1, -0.05) is 48.0 Å². The predicted molar refractivity (Wildman–Crippen MR) is 147 cm³/mol. The summed E-state index contributed by atoms with van der Waals surface area (Å²) >= 11 is 6.33. The van der Waals surface area contributed by atoms with Gasteiger partial charge in [-0.2, -0.15) is 5.10 Å². The maximum atomic E-state index is 13.0. The third kappa shape index (κ3) is 6.68. The van der Waals surface area contributed by atoms with E-state index in [-0.39, 0.29) is 13.0 Å². The number of benzene rings is 2. The van der Waals surface area contributed by atoms with E-state index in [4.69, 9.17) is 16.3 Å². The summed E-state index contributed by atoms with van der Waals surface area (Å²) in [7, 11) is 0. The molecule has 0 aliphatic heterocycles. The Bertz CT molecular complexity index is 1430. The molecule has 2 heterocycles. The van der Waals surface area contributed by atoms with Gasteiger partial charge < -0.3 is 19.6 Å². The average Bonchev–Trinajstić information content (AvgIpc) is 3.52. The Morgan fingerprint density at radius 3 is 2.66 bits per heavy atom. The van der Waals surface area contributed by atoms with Gasteiger partial charge in [0, 0.05) is 46.0 Å². The molecule has 0 aliphatic rings. The highest BCUT2D eigenvalue weighted by Crippen LogP contribution is 2.24. The Kier molecular flexibility index (Phi) is 8.60. The lowest BCUT2D eigenvalue weighted by Gasteiger charge is -2.16. The number of ether oxygens (including phenoxy) is 1. The molecule has 0 saturated heterocycles. The van der Waals surface area contributed by atoms with E-state index >= 15 is 0 Å². The largest absolute Gasteiger partial charge is 0.445 e. The minimum atomic E-state index is -0.932. The van der Waals surface area contributed by atoms with Crippen molar-refractivity contribution in [3.05, 3.63) is 106 Å². The van der Waals surface area contributed by atoms with Crippen LogP contribution in [0.25, 0.3) is 5.69 Å². The molecule has 4 aromatic rings. The van der Waals surface area contributed by atoms with Crippen molar-refractivity contribution in [2.45, 2.75) is 39.8 Å². The predicted octanol–water partition coefficient (Wildman–Crippen LogP) is 4.77. The molecule has 196 valence electrons. The second-order valence-electron chi connectivity index (χ2n) is 8.87. The lowest BCUT2D eigenvalue weighted by Crippen LogP contribution is -2.47.